The monoisotopic (exact) mass is 254 g/mol. The molecule has 1 aromatic carbocycles. The largest absolute Gasteiger partial charge is 0.480 e. The standard InChI is InChI=1S/C12H15FN2O3/c1-7(12(17)18)15-11(16)10(14)6-8-2-4-9(13)5-3-8/h2-5,7,10H,6,14H2,1H3,(H,15,16)(H,17,18)/t7-,10?/m0/s1. The number of carboxylic acids is 1. The predicted molar refractivity (Wildman–Crippen MR) is 63.3 cm³/mol. The molecule has 0 aliphatic carbocycles. The molecule has 0 saturated heterocycles. The van der Waals surface area contributed by atoms with Gasteiger partial charge in [0.25, 0.3) is 0 Å². The Kier molecular flexibility index (Phi) is 4.79. The molecule has 0 heterocycles. The molecule has 98 valence electrons. The van der Waals surface area contributed by atoms with Gasteiger partial charge in [-0.05, 0) is 31.0 Å². The van der Waals surface area contributed by atoms with Crippen molar-refractivity contribution in [1.29, 1.82) is 0 Å². The van der Waals surface area contributed by atoms with E-state index in [0.29, 0.717) is 5.56 Å². The third-order valence-electron chi connectivity index (χ3n) is 2.43. The number of hydrogen-bond acceptors (Lipinski definition) is 3. The zero-order valence-corrected chi connectivity index (χ0v) is 9.89. The first kappa shape index (κ1) is 14.1. The highest BCUT2D eigenvalue weighted by Crippen LogP contribution is 2.05. The lowest BCUT2D eigenvalue weighted by Crippen LogP contribution is -2.48. The van der Waals surface area contributed by atoms with Gasteiger partial charge in [-0.25, -0.2) is 4.39 Å². The maximum atomic E-state index is 12.7. The highest BCUT2D eigenvalue weighted by Gasteiger charge is 2.19. The van der Waals surface area contributed by atoms with Crippen LogP contribution in [0.15, 0.2) is 24.3 Å². The van der Waals surface area contributed by atoms with Crippen molar-refractivity contribution in [3.63, 3.8) is 0 Å². The molecule has 0 aliphatic heterocycles. The quantitative estimate of drug-likeness (QED) is 0.704. The number of benzene rings is 1. The Morgan fingerprint density at radius 3 is 2.44 bits per heavy atom. The minimum absolute atomic E-state index is 0.221. The maximum Gasteiger partial charge on any atom is 0.325 e. The summed E-state index contributed by atoms with van der Waals surface area (Å²) >= 11 is 0. The van der Waals surface area contributed by atoms with Crippen LogP contribution in [0.25, 0.3) is 0 Å². The van der Waals surface area contributed by atoms with E-state index in [-0.39, 0.29) is 12.2 Å². The molecule has 0 aliphatic rings. The van der Waals surface area contributed by atoms with Crippen LogP contribution in [0.2, 0.25) is 0 Å². The Balaban J connectivity index is 2.54. The zero-order chi connectivity index (χ0) is 13.7. The summed E-state index contributed by atoms with van der Waals surface area (Å²) < 4.78 is 12.7. The van der Waals surface area contributed by atoms with Gasteiger partial charge in [-0.1, -0.05) is 12.1 Å². The van der Waals surface area contributed by atoms with E-state index in [9.17, 15) is 14.0 Å². The smallest absolute Gasteiger partial charge is 0.325 e. The third-order valence-corrected chi connectivity index (χ3v) is 2.43. The minimum atomic E-state index is -1.13. The Morgan fingerprint density at radius 2 is 1.94 bits per heavy atom. The van der Waals surface area contributed by atoms with Gasteiger partial charge in [0.2, 0.25) is 5.91 Å². The Morgan fingerprint density at radius 1 is 1.39 bits per heavy atom. The van der Waals surface area contributed by atoms with Crippen molar-refractivity contribution in [3.8, 4) is 0 Å². The van der Waals surface area contributed by atoms with Crippen LogP contribution < -0.4 is 11.1 Å². The molecule has 1 aromatic rings. The van der Waals surface area contributed by atoms with Crippen molar-refractivity contribution in [2.75, 3.05) is 0 Å². The Bertz CT molecular complexity index is 433. The maximum absolute atomic E-state index is 12.7. The van der Waals surface area contributed by atoms with Crippen LogP contribution in [-0.2, 0) is 16.0 Å². The van der Waals surface area contributed by atoms with E-state index in [1.54, 1.807) is 0 Å². The summed E-state index contributed by atoms with van der Waals surface area (Å²) in [6.45, 7) is 1.35. The van der Waals surface area contributed by atoms with E-state index < -0.39 is 24.0 Å². The Hall–Kier alpha value is -1.95. The molecule has 0 spiro atoms. The van der Waals surface area contributed by atoms with E-state index in [1.807, 2.05) is 0 Å². The highest BCUT2D eigenvalue weighted by molar-refractivity contribution is 5.86. The van der Waals surface area contributed by atoms with Crippen LogP contribution in [0.5, 0.6) is 0 Å². The van der Waals surface area contributed by atoms with Gasteiger partial charge < -0.3 is 16.2 Å². The molecule has 0 aromatic heterocycles. The fourth-order valence-corrected chi connectivity index (χ4v) is 1.35. The third kappa shape index (κ3) is 4.14. The topological polar surface area (TPSA) is 92.4 Å². The SMILES string of the molecule is C[C@H](NC(=O)C(N)Cc1ccc(F)cc1)C(=O)O. The second-order valence-corrected chi connectivity index (χ2v) is 4.01. The molecule has 0 bridgehead atoms. The molecule has 2 atom stereocenters. The molecule has 0 fully saturated rings. The van der Waals surface area contributed by atoms with Crippen LogP contribution in [0.1, 0.15) is 12.5 Å². The van der Waals surface area contributed by atoms with Crippen LogP contribution >= 0.6 is 0 Å². The number of amides is 1. The molecular weight excluding hydrogens is 239 g/mol. The average Bonchev–Trinajstić information content (AvgIpc) is 2.31. The first-order valence-corrected chi connectivity index (χ1v) is 5.43. The van der Waals surface area contributed by atoms with Crippen molar-refractivity contribution < 1.29 is 19.1 Å². The molecule has 6 heteroatoms. The van der Waals surface area contributed by atoms with E-state index in [4.69, 9.17) is 10.8 Å². The number of hydrogen-bond donors (Lipinski definition) is 3. The Labute approximate surface area is 104 Å². The van der Waals surface area contributed by atoms with Gasteiger partial charge >= 0.3 is 5.97 Å². The number of rotatable bonds is 5. The molecule has 1 amide bonds. The summed E-state index contributed by atoms with van der Waals surface area (Å²) in [6, 6.07) is 3.76. The van der Waals surface area contributed by atoms with Crippen molar-refractivity contribution in [2.24, 2.45) is 5.73 Å². The second-order valence-electron chi connectivity index (χ2n) is 4.01. The summed E-state index contributed by atoms with van der Waals surface area (Å²) in [5, 5.41) is 10.9. The lowest BCUT2D eigenvalue weighted by atomic mass is 10.1. The number of halogens is 1. The molecule has 0 radical (unpaired) electrons. The van der Waals surface area contributed by atoms with Gasteiger partial charge in [-0.2, -0.15) is 0 Å². The number of nitrogens with two attached hydrogens (primary N) is 1. The number of aliphatic carboxylic acids is 1. The van der Waals surface area contributed by atoms with E-state index >= 15 is 0 Å². The van der Waals surface area contributed by atoms with Gasteiger partial charge in [0.15, 0.2) is 0 Å². The number of carbonyl (C=O) groups excluding carboxylic acids is 1. The van der Waals surface area contributed by atoms with Crippen molar-refractivity contribution >= 4 is 11.9 Å². The van der Waals surface area contributed by atoms with E-state index in [1.165, 1.54) is 31.2 Å². The lowest BCUT2D eigenvalue weighted by Gasteiger charge is -2.14. The minimum Gasteiger partial charge on any atom is -0.480 e. The van der Waals surface area contributed by atoms with Crippen LogP contribution in [0, 0.1) is 5.82 Å². The number of carbonyl (C=O) groups is 2. The van der Waals surface area contributed by atoms with Gasteiger partial charge in [-0.15, -0.1) is 0 Å². The fourth-order valence-electron chi connectivity index (χ4n) is 1.35. The average molecular weight is 254 g/mol. The van der Waals surface area contributed by atoms with E-state index in [2.05, 4.69) is 5.32 Å². The molecule has 1 unspecified atom stereocenters. The predicted octanol–water partition coefficient (Wildman–Crippen LogP) is 0.285. The van der Waals surface area contributed by atoms with Gasteiger partial charge in [0.05, 0.1) is 6.04 Å². The molecule has 4 N–H and O–H groups in total. The summed E-state index contributed by atoms with van der Waals surface area (Å²) in [6.07, 6.45) is 0.221. The lowest BCUT2D eigenvalue weighted by molar-refractivity contribution is -0.141. The first-order valence-electron chi connectivity index (χ1n) is 5.43. The summed E-state index contributed by atoms with van der Waals surface area (Å²) in [5.74, 6) is -2.04. The van der Waals surface area contributed by atoms with Gasteiger partial charge in [-0.3, -0.25) is 9.59 Å². The highest BCUT2D eigenvalue weighted by atomic mass is 19.1. The normalized spacial score (nSPS) is 13.7. The fraction of sp³-hybridized carbons (Fsp3) is 0.333. The van der Waals surface area contributed by atoms with Crippen LogP contribution in [0.4, 0.5) is 4.39 Å². The summed E-state index contributed by atoms with van der Waals surface area (Å²) in [7, 11) is 0. The van der Waals surface area contributed by atoms with E-state index in [0.717, 1.165) is 0 Å². The molecule has 0 saturated carbocycles. The van der Waals surface area contributed by atoms with Crippen LogP contribution in [-0.4, -0.2) is 29.1 Å². The van der Waals surface area contributed by atoms with Crippen molar-refractivity contribution in [1.82, 2.24) is 5.32 Å². The molecular formula is C12H15FN2O3. The molecule has 18 heavy (non-hydrogen) atoms. The molecule has 1 rings (SSSR count). The summed E-state index contributed by atoms with van der Waals surface area (Å²) in [4.78, 5) is 22.1. The van der Waals surface area contributed by atoms with Crippen molar-refractivity contribution in [3.05, 3.63) is 35.6 Å². The van der Waals surface area contributed by atoms with Gasteiger partial charge in [0, 0.05) is 0 Å². The molecule has 5 nitrogen and oxygen atoms in total. The first-order chi connectivity index (χ1) is 8.40. The number of nitrogens with one attached hydrogen (secondary N) is 1. The van der Waals surface area contributed by atoms with Crippen molar-refractivity contribution in [2.45, 2.75) is 25.4 Å². The second kappa shape index (κ2) is 6.11. The zero-order valence-electron chi connectivity index (χ0n) is 9.89. The summed E-state index contributed by atoms with van der Waals surface area (Å²) in [5.41, 5.74) is 6.35. The number of carboxylic acid groups (broad SMARTS) is 1. The van der Waals surface area contributed by atoms with Crippen LogP contribution in [0.3, 0.4) is 0 Å². The van der Waals surface area contributed by atoms with Gasteiger partial charge in [0.1, 0.15) is 11.9 Å².